The van der Waals surface area contributed by atoms with E-state index in [-0.39, 0.29) is 0 Å². The van der Waals surface area contributed by atoms with Crippen molar-refractivity contribution in [1.82, 2.24) is 0 Å². The van der Waals surface area contributed by atoms with Crippen LogP contribution in [0.3, 0.4) is 0 Å². The smallest absolute Gasteiger partial charge is 0.00415 e. The Bertz CT molecular complexity index is 410. The van der Waals surface area contributed by atoms with E-state index in [0.717, 1.165) is 5.92 Å². The molecule has 98 valence electrons. The summed E-state index contributed by atoms with van der Waals surface area (Å²) >= 11 is 0. The molecule has 0 aliphatic heterocycles. The first kappa shape index (κ1) is 12.2. The lowest BCUT2D eigenvalue weighted by Gasteiger charge is -2.17. The van der Waals surface area contributed by atoms with Gasteiger partial charge in [0.1, 0.15) is 0 Å². The molecule has 2 aliphatic rings. The van der Waals surface area contributed by atoms with Crippen LogP contribution in [0.4, 0.5) is 0 Å². The van der Waals surface area contributed by atoms with E-state index in [1.54, 1.807) is 16.7 Å². The molecule has 0 aromatic heterocycles. The van der Waals surface area contributed by atoms with Crippen LogP contribution < -0.4 is 5.73 Å². The third kappa shape index (κ3) is 2.77. The summed E-state index contributed by atoms with van der Waals surface area (Å²) in [6.07, 6.45) is 11.8. The summed E-state index contributed by atoms with van der Waals surface area (Å²) in [4.78, 5) is 0. The molecule has 1 aromatic rings. The van der Waals surface area contributed by atoms with Crippen LogP contribution >= 0.6 is 0 Å². The van der Waals surface area contributed by atoms with Crippen LogP contribution in [-0.4, -0.2) is 6.04 Å². The average Bonchev–Trinajstić information content (AvgIpc) is 2.72. The highest BCUT2D eigenvalue weighted by Crippen LogP contribution is 2.28. The molecule has 0 heterocycles. The second-order valence-electron chi connectivity index (χ2n) is 6.31. The number of rotatable bonds is 2. The van der Waals surface area contributed by atoms with Crippen molar-refractivity contribution in [2.75, 3.05) is 0 Å². The van der Waals surface area contributed by atoms with Gasteiger partial charge in [0.2, 0.25) is 0 Å². The maximum atomic E-state index is 6.17. The lowest BCUT2D eigenvalue weighted by molar-refractivity contribution is 0.431. The molecular formula is C17H25N. The van der Waals surface area contributed by atoms with Crippen LogP contribution in [0.5, 0.6) is 0 Å². The molecule has 0 radical (unpaired) electrons. The van der Waals surface area contributed by atoms with E-state index in [0.29, 0.717) is 6.04 Å². The Morgan fingerprint density at radius 2 is 1.83 bits per heavy atom. The van der Waals surface area contributed by atoms with Gasteiger partial charge in [-0.1, -0.05) is 37.5 Å². The van der Waals surface area contributed by atoms with Crippen molar-refractivity contribution in [2.24, 2.45) is 11.7 Å². The summed E-state index contributed by atoms with van der Waals surface area (Å²) in [7, 11) is 0. The molecule has 1 aromatic carbocycles. The van der Waals surface area contributed by atoms with Crippen molar-refractivity contribution in [3.8, 4) is 0 Å². The van der Waals surface area contributed by atoms with Crippen molar-refractivity contribution in [3.05, 3.63) is 34.9 Å². The van der Waals surface area contributed by atoms with Crippen LogP contribution in [-0.2, 0) is 19.3 Å². The molecule has 2 atom stereocenters. The molecule has 0 amide bonds. The number of aryl methyl sites for hydroxylation is 2. The van der Waals surface area contributed by atoms with Gasteiger partial charge in [0, 0.05) is 6.04 Å². The maximum absolute atomic E-state index is 6.17. The Kier molecular flexibility index (Phi) is 3.69. The first-order valence-corrected chi connectivity index (χ1v) is 7.67. The van der Waals surface area contributed by atoms with E-state index in [9.17, 15) is 0 Å². The van der Waals surface area contributed by atoms with Gasteiger partial charge >= 0.3 is 0 Å². The summed E-state index contributed by atoms with van der Waals surface area (Å²) in [5.41, 5.74) is 10.9. The number of hydrogen-bond acceptors (Lipinski definition) is 1. The van der Waals surface area contributed by atoms with Gasteiger partial charge in [0.15, 0.2) is 0 Å². The van der Waals surface area contributed by atoms with Gasteiger partial charge < -0.3 is 5.73 Å². The number of fused-ring (bicyclic) bond motifs is 1. The normalized spacial score (nSPS) is 27.8. The summed E-state index contributed by atoms with van der Waals surface area (Å²) < 4.78 is 0. The van der Waals surface area contributed by atoms with Gasteiger partial charge in [-0.2, -0.15) is 0 Å². The zero-order valence-electron chi connectivity index (χ0n) is 11.3. The third-order valence-electron chi connectivity index (χ3n) is 4.76. The fraction of sp³-hybridized carbons (Fsp3) is 0.647. The zero-order valence-corrected chi connectivity index (χ0v) is 11.3. The third-order valence-corrected chi connectivity index (χ3v) is 4.76. The van der Waals surface area contributed by atoms with E-state index in [1.807, 2.05) is 0 Å². The molecule has 0 bridgehead atoms. The van der Waals surface area contributed by atoms with Crippen molar-refractivity contribution < 1.29 is 0 Å². The summed E-state index contributed by atoms with van der Waals surface area (Å²) in [5, 5.41) is 0. The minimum atomic E-state index is 0.451. The van der Waals surface area contributed by atoms with E-state index >= 15 is 0 Å². The molecule has 3 rings (SSSR count). The van der Waals surface area contributed by atoms with Crippen LogP contribution in [0.25, 0.3) is 0 Å². The van der Waals surface area contributed by atoms with Gasteiger partial charge in [-0.3, -0.25) is 0 Å². The fourth-order valence-electron chi connectivity index (χ4n) is 3.77. The Hall–Kier alpha value is -0.820. The Labute approximate surface area is 111 Å². The van der Waals surface area contributed by atoms with Crippen LogP contribution in [0.1, 0.15) is 55.2 Å². The predicted octanol–water partition coefficient (Wildman–Crippen LogP) is 3.63. The Morgan fingerprint density at radius 1 is 1.00 bits per heavy atom. The lowest BCUT2D eigenvalue weighted by atomic mass is 9.90. The van der Waals surface area contributed by atoms with E-state index in [2.05, 4.69) is 18.2 Å². The number of hydrogen-bond donors (Lipinski definition) is 1. The monoisotopic (exact) mass is 243 g/mol. The topological polar surface area (TPSA) is 26.0 Å². The van der Waals surface area contributed by atoms with E-state index < -0.39 is 0 Å². The quantitative estimate of drug-likeness (QED) is 0.789. The molecule has 1 heteroatoms. The lowest BCUT2D eigenvalue weighted by Crippen LogP contribution is -2.22. The van der Waals surface area contributed by atoms with Crippen LogP contribution in [0.2, 0.25) is 0 Å². The average molecular weight is 243 g/mol. The second-order valence-corrected chi connectivity index (χ2v) is 6.31. The van der Waals surface area contributed by atoms with Crippen LogP contribution in [0, 0.1) is 5.92 Å². The number of nitrogens with two attached hydrogens (primary N) is 1. The molecule has 0 saturated heterocycles. The molecule has 18 heavy (non-hydrogen) atoms. The second kappa shape index (κ2) is 5.44. The highest BCUT2D eigenvalue weighted by Gasteiger charge is 2.18. The molecule has 2 aliphatic carbocycles. The predicted molar refractivity (Wildman–Crippen MR) is 76.7 cm³/mol. The summed E-state index contributed by atoms with van der Waals surface area (Å²) in [6, 6.07) is 7.65. The SMILES string of the molecule is NC1CCCCC(Cc2ccc3c(c2)CCC3)C1. The number of benzene rings is 1. The van der Waals surface area contributed by atoms with Gasteiger partial charge in [-0.15, -0.1) is 0 Å². The highest BCUT2D eigenvalue weighted by atomic mass is 14.6. The first-order chi connectivity index (χ1) is 8.81. The minimum Gasteiger partial charge on any atom is -0.328 e. The molecule has 1 saturated carbocycles. The van der Waals surface area contributed by atoms with E-state index in [4.69, 9.17) is 5.73 Å². The zero-order chi connectivity index (χ0) is 12.4. The van der Waals surface area contributed by atoms with Crippen molar-refractivity contribution in [3.63, 3.8) is 0 Å². The summed E-state index contributed by atoms with van der Waals surface area (Å²) in [5.74, 6) is 0.821. The van der Waals surface area contributed by atoms with Gasteiger partial charge in [-0.05, 0) is 61.1 Å². The maximum Gasteiger partial charge on any atom is 0.00415 e. The molecular weight excluding hydrogens is 218 g/mol. The van der Waals surface area contributed by atoms with Crippen molar-refractivity contribution in [2.45, 2.75) is 63.8 Å². The Balaban J connectivity index is 1.68. The Morgan fingerprint density at radius 3 is 2.78 bits per heavy atom. The van der Waals surface area contributed by atoms with Gasteiger partial charge in [0.05, 0.1) is 0 Å². The van der Waals surface area contributed by atoms with Crippen LogP contribution in [0.15, 0.2) is 18.2 Å². The standard InChI is InChI=1S/C17H25N/c18-17-7-2-1-4-13(12-17)10-14-8-9-15-5-3-6-16(15)11-14/h8-9,11,13,17H,1-7,10,12,18H2. The first-order valence-electron chi connectivity index (χ1n) is 7.67. The van der Waals surface area contributed by atoms with Crippen molar-refractivity contribution >= 4 is 0 Å². The van der Waals surface area contributed by atoms with Gasteiger partial charge in [-0.25, -0.2) is 0 Å². The van der Waals surface area contributed by atoms with E-state index in [1.165, 1.54) is 57.8 Å². The van der Waals surface area contributed by atoms with Gasteiger partial charge in [0.25, 0.3) is 0 Å². The molecule has 2 N–H and O–H groups in total. The fourth-order valence-corrected chi connectivity index (χ4v) is 3.77. The van der Waals surface area contributed by atoms with Crippen molar-refractivity contribution in [1.29, 1.82) is 0 Å². The molecule has 1 fully saturated rings. The minimum absolute atomic E-state index is 0.451. The highest BCUT2D eigenvalue weighted by molar-refractivity contribution is 5.35. The summed E-state index contributed by atoms with van der Waals surface area (Å²) in [6.45, 7) is 0. The largest absolute Gasteiger partial charge is 0.328 e. The molecule has 0 spiro atoms. The molecule has 1 nitrogen and oxygen atoms in total. The molecule has 2 unspecified atom stereocenters.